The molecule has 1 aromatic carbocycles. The zero-order chi connectivity index (χ0) is 15.8. The molecule has 1 saturated carbocycles. The van der Waals surface area contributed by atoms with Crippen molar-refractivity contribution in [3.63, 3.8) is 0 Å². The molecule has 23 heavy (non-hydrogen) atoms. The SMILES string of the molecule is Cc1ccccc1OCCCC(=O)NC1CCCCC1CN.Cl. The zero-order valence-electron chi connectivity index (χ0n) is 13.9. The molecule has 0 saturated heterocycles. The van der Waals surface area contributed by atoms with E-state index < -0.39 is 0 Å². The van der Waals surface area contributed by atoms with Crippen molar-refractivity contribution in [2.45, 2.75) is 51.5 Å². The van der Waals surface area contributed by atoms with Gasteiger partial charge in [0.25, 0.3) is 0 Å². The minimum Gasteiger partial charge on any atom is -0.493 e. The minimum atomic E-state index is 0. The number of nitrogens with two attached hydrogens (primary N) is 1. The maximum Gasteiger partial charge on any atom is 0.220 e. The van der Waals surface area contributed by atoms with Crippen molar-refractivity contribution in [1.29, 1.82) is 0 Å². The highest BCUT2D eigenvalue weighted by atomic mass is 35.5. The molecule has 4 nitrogen and oxygen atoms in total. The summed E-state index contributed by atoms with van der Waals surface area (Å²) in [6.07, 6.45) is 5.88. The Morgan fingerprint density at radius 1 is 1.30 bits per heavy atom. The van der Waals surface area contributed by atoms with Crippen molar-refractivity contribution in [2.24, 2.45) is 11.7 Å². The third kappa shape index (κ3) is 6.40. The van der Waals surface area contributed by atoms with Crippen LogP contribution >= 0.6 is 12.4 Å². The Morgan fingerprint density at radius 3 is 2.78 bits per heavy atom. The molecule has 0 aliphatic heterocycles. The normalized spacial score (nSPS) is 20.4. The summed E-state index contributed by atoms with van der Waals surface area (Å²) in [7, 11) is 0. The molecule has 5 heteroatoms. The Bertz CT molecular complexity index is 482. The first-order valence-electron chi connectivity index (χ1n) is 8.38. The number of hydrogen-bond donors (Lipinski definition) is 2. The van der Waals surface area contributed by atoms with Gasteiger partial charge in [-0.25, -0.2) is 0 Å². The lowest BCUT2D eigenvalue weighted by molar-refractivity contribution is -0.122. The third-order valence-corrected chi connectivity index (χ3v) is 4.46. The number of benzene rings is 1. The van der Waals surface area contributed by atoms with E-state index in [1.165, 1.54) is 12.8 Å². The summed E-state index contributed by atoms with van der Waals surface area (Å²) < 4.78 is 5.72. The van der Waals surface area contributed by atoms with E-state index in [-0.39, 0.29) is 24.4 Å². The van der Waals surface area contributed by atoms with E-state index >= 15 is 0 Å². The van der Waals surface area contributed by atoms with E-state index in [4.69, 9.17) is 10.5 Å². The average Bonchev–Trinajstić information content (AvgIpc) is 2.53. The van der Waals surface area contributed by atoms with Crippen molar-refractivity contribution in [3.8, 4) is 5.75 Å². The zero-order valence-corrected chi connectivity index (χ0v) is 14.7. The van der Waals surface area contributed by atoms with Gasteiger partial charge < -0.3 is 15.8 Å². The maximum absolute atomic E-state index is 12.0. The van der Waals surface area contributed by atoms with Gasteiger partial charge in [0.1, 0.15) is 5.75 Å². The molecule has 0 bridgehead atoms. The highest BCUT2D eigenvalue weighted by Crippen LogP contribution is 2.23. The number of carbonyl (C=O) groups excluding carboxylic acids is 1. The van der Waals surface area contributed by atoms with Crippen LogP contribution in [0.1, 0.15) is 44.1 Å². The molecular formula is C18H29ClN2O2. The Hall–Kier alpha value is -1.26. The van der Waals surface area contributed by atoms with Gasteiger partial charge in [0.15, 0.2) is 0 Å². The Kier molecular flexibility index (Phi) is 9.03. The van der Waals surface area contributed by atoms with Gasteiger partial charge in [0.2, 0.25) is 5.91 Å². The van der Waals surface area contributed by atoms with Crippen molar-refractivity contribution >= 4 is 18.3 Å². The van der Waals surface area contributed by atoms with E-state index in [0.717, 1.165) is 30.6 Å². The van der Waals surface area contributed by atoms with Crippen LogP contribution in [0.2, 0.25) is 0 Å². The number of carbonyl (C=O) groups is 1. The summed E-state index contributed by atoms with van der Waals surface area (Å²) in [5.74, 6) is 1.47. The second-order valence-corrected chi connectivity index (χ2v) is 6.17. The fourth-order valence-corrected chi connectivity index (χ4v) is 3.09. The molecule has 1 aliphatic rings. The van der Waals surface area contributed by atoms with E-state index in [1.54, 1.807) is 0 Å². The number of para-hydroxylation sites is 1. The number of nitrogens with one attached hydrogen (secondary N) is 1. The molecule has 2 unspecified atom stereocenters. The van der Waals surface area contributed by atoms with Gasteiger partial charge in [0, 0.05) is 12.5 Å². The van der Waals surface area contributed by atoms with Crippen LogP contribution in [0.25, 0.3) is 0 Å². The summed E-state index contributed by atoms with van der Waals surface area (Å²) in [5, 5.41) is 3.16. The molecule has 1 aliphatic carbocycles. The minimum absolute atomic E-state index is 0. The topological polar surface area (TPSA) is 64.3 Å². The fraction of sp³-hybridized carbons (Fsp3) is 0.611. The summed E-state index contributed by atoms with van der Waals surface area (Å²) in [6.45, 7) is 3.27. The highest BCUT2D eigenvalue weighted by molar-refractivity contribution is 5.85. The van der Waals surface area contributed by atoms with E-state index in [2.05, 4.69) is 5.32 Å². The number of amides is 1. The fourth-order valence-electron chi connectivity index (χ4n) is 3.09. The summed E-state index contributed by atoms with van der Waals surface area (Å²) in [6, 6.07) is 8.21. The molecule has 0 radical (unpaired) electrons. The van der Waals surface area contributed by atoms with Crippen LogP contribution in [0, 0.1) is 12.8 Å². The lowest BCUT2D eigenvalue weighted by Crippen LogP contribution is -2.44. The van der Waals surface area contributed by atoms with E-state index in [9.17, 15) is 4.79 Å². The quantitative estimate of drug-likeness (QED) is 0.749. The van der Waals surface area contributed by atoms with Gasteiger partial charge in [-0.3, -0.25) is 4.79 Å². The largest absolute Gasteiger partial charge is 0.493 e. The number of hydrogen-bond acceptors (Lipinski definition) is 3. The number of aryl methyl sites for hydroxylation is 1. The molecule has 1 aromatic rings. The molecule has 2 atom stereocenters. The van der Waals surface area contributed by atoms with Crippen LogP contribution in [0.5, 0.6) is 5.75 Å². The molecule has 130 valence electrons. The molecule has 1 amide bonds. The van der Waals surface area contributed by atoms with Crippen LogP contribution in [0.15, 0.2) is 24.3 Å². The molecular weight excluding hydrogens is 312 g/mol. The number of ether oxygens (including phenoxy) is 1. The standard InChI is InChI=1S/C18H28N2O2.ClH/c1-14-7-2-5-10-17(14)22-12-6-11-18(21)20-16-9-4-3-8-15(16)13-19;/h2,5,7,10,15-16H,3-4,6,8-9,11-13,19H2,1H3,(H,20,21);1H. The first-order chi connectivity index (χ1) is 10.7. The Labute approximate surface area is 145 Å². The highest BCUT2D eigenvalue weighted by Gasteiger charge is 2.24. The van der Waals surface area contributed by atoms with Crippen LogP contribution in [-0.2, 0) is 4.79 Å². The van der Waals surface area contributed by atoms with Crippen molar-refractivity contribution in [3.05, 3.63) is 29.8 Å². The summed E-state index contributed by atoms with van der Waals surface area (Å²) in [4.78, 5) is 12.0. The van der Waals surface area contributed by atoms with Crippen LogP contribution in [0.3, 0.4) is 0 Å². The molecule has 0 heterocycles. The van der Waals surface area contributed by atoms with Crippen molar-refractivity contribution < 1.29 is 9.53 Å². The summed E-state index contributed by atoms with van der Waals surface area (Å²) in [5.41, 5.74) is 6.92. The van der Waals surface area contributed by atoms with Crippen LogP contribution in [0.4, 0.5) is 0 Å². The van der Waals surface area contributed by atoms with Gasteiger partial charge in [-0.2, -0.15) is 0 Å². The monoisotopic (exact) mass is 340 g/mol. The van der Waals surface area contributed by atoms with Gasteiger partial charge in [0.05, 0.1) is 6.61 Å². The van der Waals surface area contributed by atoms with Crippen LogP contribution in [-0.4, -0.2) is 25.1 Å². The predicted octanol–water partition coefficient (Wildman–Crippen LogP) is 3.21. The van der Waals surface area contributed by atoms with Crippen molar-refractivity contribution in [2.75, 3.05) is 13.2 Å². The first kappa shape index (κ1) is 19.8. The molecule has 3 N–H and O–H groups in total. The van der Waals surface area contributed by atoms with E-state index in [1.807, 2.05) is 31.2 Å². The van der Waals surface area contributed by atoms with Gasteiger partial charge >= 0.3 is 0 Å². The smallest absolute Gasteiger partial charge is 0.220 e. The summed E-state index contributed by atoms with van der Waals surface area (Å²) >= 11 is 0. The first-order valence-corrected chi connectivity index (χ1v) is 8.38. The lowest BCUT2D eigenvalue weighted by Gasteiger charge is -2.31. The van der Waals surface area contributed by atoms with Gasteiger partial charge in [-0.05, 0) is 50.3 Å². The lowest BCUT2D eigenvalue weighted by atomic mass is 9.84. The van der Waals surface area contributed by atoms with Gasteiger partial charge in [-0.1, -0.05) is 31.0 Å². The molecule has 0 aromatic heterocycles. The Balaban J connectivity index is 0.00000264. The average molecular weight is 341 g/mol. The number of halogens is 1. The molecule has 2 rings (SSSR count). The number of rotatable bonds is 7. The second kappa shape index (κ2) is 10.5. The molecule has 0 spiro atoms. The van der Waals surface area contributed by atoms with E-state index in [0.29, 0.717) is 25.5 Å². The van der Waals surface area contributed by atoms with Crippen LogP contribution < -0.4 is 15.8 Å². The third-order valence-electron chi connectivity index (χ3n) is 4.46. The predicted molar refractivity (Wildman–Crippen MR) is 96.1 cm³/mol. The van der Waals surface area contributed by atoms with Crippen molar-refractivity contribution in [1.82, 2.24) is 5.32 Å². The molecule has 1 fully saturated rings. The Morgan fingerprint density at radius 2 is 2.04 bits per heavy atom. The second-order valence-electron chi connectivity index (χ2n) is 6.17. The van der Waals surface area contributed by atoms with Gasteiger partial charge in [-0.15, -0.1) is 12.4 Å². The maximum atomic E-state index is 12.0.